The molecular weight excluding hydrogens is 594 g/mol. The van der Waals surface area contributed by atoms with Crippen LogP contribution in [-0.2, 0) is 16.4 Å². The Morgan fingerprint density at radius 2 is 1.67 bits per heavy atom. The zero-order valence-corrected chi connectivity index (χ0v) is 25.5. The molecule has 0 saturated heterocycles. The highest BCUT2D eigenvalue weighted by molar-refractivity contribution is 7.92. The lowest BCUT2D eigenvalue weighted by Crippen LogP contribution is -2.34. The SMILES string of the molecule is CCCc1ccc(C(=O)NCCCOc2ccccc2C(C)N(c2cc(F)ccc2F)S(=O)(=O)c2ccc(Cl)cc2)cc1. The van der Waals surface area contributed by atoms with Gasteiger partial charge in [-0.1, -0.05) is 55.3 Å². The van der Waals surface area contributed by atoms with Gasteiger partial charge in [-0.3, -0.25) is 9.10 Å². The maximum Gasteiger partial charge on any atom is 0.264 e. The van der Waals surface area contributed by atoms with Crippen molar-refractivity contribution in [1.82, 2.24) is 5.32 Å². The topological polar surface area (TPSA) is 75.7 Å². The van der Waals surface area contributed by atoms with Crippen molar-refractivity contribution in [2.45, 2.75) is 44.0 Å². The van der Waals surface area contributed by atoms with Crippen molar-refractivity contribution in [3.8, 4) is 5.75 Å². The third-order valence-electron chi connectivity index (χ3n) is 6.86. The predicted octanol–water partition coefficient (Wildman–Crippen LogP) is 7.73. The summed E-state index contributed by atoms with van der Waals surface area (Å²) in [6, 6.07) is 21.4. The minimum absolute atomic E-state index is 0.137. The molecule has 0 bridgehead atoms. The first-order valence-corrected chi connectivity index (χ1v) is 15.8. The number of rotatable bonds is 13. The molecule has 43 heavy (non-hydrogen) atoms. The van der Waals surface area contributed by atoms with E-state index in [4.69, 9.17) is 16.3 Å². The molecular formula is C33H33ClF2N2O4S. The summed E-state index contributed by atoms with van der Waals surface area (Å²) < 4.78 is 64.0. The Kier molecular flexibility index (Phi) is 10.8. The van der Waals surface area contributed by atoms with Crippen molar-refractivity contribution in [2.24, 2.45) is 0 Å². The molecule has 226 valence electrons. The van der Waals surface area contributed by atoms with Crippen molar-refractivity contribution < 1.29 is 26.7 Å². The number of carbonyl (C=O) groups excluding carboxylic acids is 1. The molecule has 1 unspecified atom stereocenters. The Bertz CT molecular complexity index is 1650. The highest BCUT2D eigenvalue weighted by atomic mass is 35.5. The quantitative estimate of drug-likeness (QED) is 0.154. The molecule has 1 amide bonds. The van der Waals surface area contributed by atoms with Gasteiger partial charge in [-0.05, 0) is 79.9 Å². The van der Waals surface area contributed by atoms with Crippen LogP contribution in [0.1, 0.15) is 54.2 Å². The highest BCUT2D eigenvalue weighted by Crippen LogP contribution is 2.38. The number of sulfonamides is 1. The number of amides is 1. The summed E-state index contributed by atoms with van der Waals surface area (Å²) in [6.07, 6.45) is 2.47. The average Bonchev–Trinajstić information content (AvgIpc) is 2.99. The van der Waals surface area contributed by atoms with Crippen LogP contribution in [0.3, 0.4) is 0 Å². The number of nitrogens with one attached hydrogen (secondary N) is 1. The van der Waals surface area contributed by atoms with E-state index in [2.05, 4.69) is 12.2 Å². The molecule has 0 radical (unpaired) electrons. The highest BCUT2D eigenvalue weighted by Gasteiger charge is 2.34. The van der Waals surface area contributed by atoms with Crippen LogP contribution in [0.25, 0.3) is 0 Å². The van der Waals surface area contributed by atoms with Crippen LogP contribution >= 0.6 is 11.6 Å². The van der Waals surface area contributed by atoms with Crippen LogP contribution < -0.4 is 14.4 Å². The monoisotopic (exact) mass is 626 g/mol. The van der Waals surface area contributed by atoms with Gasteiger partial charge in [0.25, 0.3) is 15.9 Å². The summed E-state index contributed by atoms with van der Waals surface area (Å²) >= 11 is 5.96. The molecule has 0 aliphatic heterocycles. The summed E-state index contributed by atoms with van der Waals surface area (Å²) in [5.74, 6) is -1.50. The van der Waals surface area contributed by atoms with Crippen LogP contribution in [0.15, 0.2) is 95.9 Å². The molecule has 0 heterocycles. The van der Waals surface area contributed by atoms with Gasteiger partial charge in [0, 0.05) is 28.8 Å². The molecule has 4 aromatic rings. The fourth-order valence-corrected chi connectivity index (χ4v) is 6.44. The number of nitrogens with zero attached hydrogens (tertiary/aromatic N) is 1. The first-order valence-electron chi connectivity index (χ1n) is 14.0. The van der Waals surface area contributed by atoms with Crippen molar-refractivity contribution in [1.29, 1.82) is 0 Å². The van der Waals surface area contributed by atoms with Crippen LogP contribution in [0, 0.1) is 11.6 Å². The standard InChI is InChI=1S/C33H33ClF2N2O4S/c1-3-7-24-10-12-25(13-11-24)33(39)37-20-6-21-42-32-9-5-4-8-29(32)23(2)38(31-22-27(35)16-19-30(31)36)43(40,41)28-17-14-26(34)15-18-28/h4-5,8-19,22-23H,3,6-7,20-21H2,1-2H3,(H,37,39). The number of anilines is 1. The summed E-state index contributed by atoms with van der Waals surface area (Å²) in [4.78, 5) is 12.4. The molecule has 0 fully saturated rings. The number of hydrogen-bond donors (Lipinski definition) is 1. The van der Waals surface area contributed by atoms with E-state index in [-0.39, 0.29) is 17.4 Å². The zero-order valence-electron chi connectivity index (χ0n) is 23.9. The number of hydrogen-bond acceptors (Lipinski definition) is 4. The molecule has 10 heteroatoms. The number of ether oxygens (including phenoxy) is 1. The lowest BCUT2D eigenvalue weighted by atomic mass is 10.1. The molecule has 6 nitrogen and oxygen atoms in total. The first-order chi connectivity index (χ1) is 20.6. The van der Waals surface area contributed by atoms with Crippen LogP contribution in [0.5, 0.6) is 5.75 Å². The molecule has 4 aromatic carbocycles. The van der Waals surface area contributed by atoms with E-state index in [1.54, 1.807) is 43.3 Å². The second-order valence-corrected chi connectivity index (χ2v) is 12.2. The number of benzene rings is 4. The zero-order chi connectivity index (χ0) is 31.0. The molecule has 0 aromatic heterocycles. The molecule has 0 aliphatic carbocycles. The van der Waals surface area contributed by atoms with Gasteiger partial charge >= 0.3 is 0 Å². The van der Waals surface area contributed by atoms with Crippen molar-refractivity contribution in [3.63, 3.8) is 0 Å². The summed E-state index contributed by atoms with van der Waals surface area (Å²) in [5.41, 5.74) is 1.76. The maximum atomic E-state index is 15.1. The van der Waals surface area contributed by atoms with Gasteiger partial charge in [0.15, 0.2) is 0 Å². The Labute approximate surface area is 256 Å². The third-order valence-corrected chi connectivity index (χ3v) is 9.01. The normalized spacial score (nSPS) is 12.0. The molecule has 0 saturated carbocycles. The summed E-state index contributed by atoms with van der Waals surface area (Å²) in [5, 5.41) is 3.20. The van der Waals surface area contributed by atoms with Gasteiger partial charge in [0.05, 0.1) is 23.2 Å². The maximum absolute atomic E-state index is 15.1. The lowest BCUT2D eigenvalue weighted by Gasteiger charge is -2.32. The summed E-state index contributed by atoms with van der Waals surface area (Å²) in [6.45, 7) is 4.26. The van der Waals surface area contributed by atoms with Crippen molar-refractivity contribution in [3.05, 3.63) is 124 Å². The minimum atomic E-state index is -4.38. The third kappa shape index (κ3) is 7.91. The van der Waals surface area contributed by atoms with E-state index in [0.29, 0.717) is 34.9 Å². The number of carbonyl (C=O) groups is 1. The van der Waals surface area contributed by atoms with Gasteiger partial charge in [0.1, 0.15) is 17.4 Å². The van der Waals surface area contributed by atoms with E-state index < -0.39 is 33.4 Å². The van der Waals surface area contributed by atoms with E-state index >= 15 is 4.39 Å². The second-order valence-electron chi connectivity index (χ2n) is 9.97. The Balaban J connectivity index is 1.51. The lowest BCUT2D eigenvalue weighted by molar-refractivity contribution is 0.0951. The van der Waals surface area contributed by atoms with Crippen LogP contribution in [0.4, 0.5) is 14.5 Å². The van der Waals surface area contributed by atoms with Gasteiger partial charge in [-0.25, -0.2) is 17.2 Å². The van der Waals surface area contributed by atoms with Gasteiger partial charge in [-0.15, -0.1) is 0 Å². The fourth-order valence-electron chi connectivity index (χ4n) is 4.67. The Morgan fingerprint density at radius 1 is 0.977 bits per heavy atom. The molecule has 0 aliphatic rings. The van der Waals surface area contributed by atoms with Crippen LogP contribution in [0.2, 0.25) is 5.02 Å². The Hall–Kier alpha value is -3.95. The molecule has 0 spiro atoms. The molecule has 4 rings (SSSR count). The van der Waals surface area contributed by atoms with Gasteiger partial charge in [0.2, 0.25) is 0 Å². The largest absolute Gasteiger partial charge is 0.493 e. The fraction of sp³-hybridized carbons (Fsp3) is 0.242. The average molecular weight is 627 g/mol. The van der Waals surface area contributed by atoms with E-state index in [9.17, 15) is 17.6 Å². The molecule has 1 atom stereocenters. The minimum Gasteiger partial charge on any atom is -0.493 e. The van der Waals surface area contributed by atoms with Gasteiger partial charge < -0.3 is 10.1 Å². The van der Waals surface area contributed by atoms with Crippen molar-refractivity contribution in [2.75, 3.05) is 17.5 Å². The Morgan fingerprint density at radius 3 is 2.37 bits per heavy atom. The van der Waals surface area contributed by atoms with Gasteiger partial charge in [-0.2, -0.15) is 0 Å². The van der Waals surface area contributed by atoms with E-state index in [1.807, 2.05) is 12.1 Å². The number of aryl methyl sites for hydroxylation is 1. The smallest absolute Gasteiger partial charge is 0.264 e. The summed E-state index contributed by atoms with van der Waals surface area (Å²) in [7, 11) is -4.38. The van der Waals surface area contributed by atoms with Crippen LogP contribution in [-0.4, -0.2) is 27.5 Å². The van der Waals surface area contributed by atoms with E-state index in [0.717, 1.165) is 35.3 Å². The second kappa shape index (κ2) is 14.5. The molecule has 1 N–H and O–H groups in total. The first kappa shape index (κ1) is 32.0. The van der Waals surface area contributed by atoms with Crippen molar-refractivity contribution >= 4 is 33.2 Å². The predicted molar refractivity (Wildman–Crippen MR) is 165 cm³/mol. The number of halogens is 3. The number of para-hydroxylation sites is 1. The van der Waals surface area contributed by atoms with E-state index in [1.165, 1.54) is 29.8 Å².